The summed E-state index contributed by atoms with van der Waals surface area (Å²) in [6.45, 7) is 0. The normalized spacial score (nSPS) is 27.2. The summed E-state index contributed by atoms with van der Waals surface area (Å²) >= 11 is 4.06. The molecule has 0 amide bonds. The number of hydrogen-bond donors (Lipinski definition) is 0. The van der Waals surface area contributed by atoms with E-state index in [1.807, 2.05) is 0 Å². The molecule has 0 radical (unpaired) electrons. The fraction of sp³-hybridized carbons (Fsp3) is 0.400. The SMILES string of the molecule is Fc1ccc2c(c1F)CSc1cc3c(cc1C2I)C1CCC3CC1. The number of hydrogen-bond acceptors (Lipinski definition) is 1. The summed E-state index contributed by atoms with van der Waals surface area (Å²) in [7, 11) is 0. The Morgan fingerprint density at radius 2 is 1.54 bits per heavy atom. The zero-order valence-corrected chi connectivity index (χ0v) is 16.1. The molecule has 1 saturated carbocycles. The first kappa shape index (κ1) is 15.6. The van der Waals surface area contributed by atoms with E-state index in [0.29, 0.717) is 23.2 Å². The first-order valence-corrected chi connectivity index (χ1v) is 10.8. The van der Waals surface area contributed by atoms with Crippen LogP contribution < -0.4 is 0 Å². The van der Waals surface area contributed by atoms with Gasteiger partial charge < -0.3 is 0 Å². The van der Waals surface area contributed by atoms with E-state index in [9.17, 15) is 8.78 Å². The zero-order valence-electron chi connectivity index (χ0n) is 13.1. The highest BCUT2D eigenvalue weighted by Crippen LogP contribution is 2.53. The fourth-order valence-electron chi connectivity index (χ4n) is 4.68. The van der Waals surface area contributed by atoms with Crippen LogP contribution in [-0.4, -0.2) is 0 Å². The molecular formula is C20H17F2IS. The molecule has 4 aliphatic rings. The lowest BCUT2D eigenvalue weighted by Crippen LogP contribution is -2.22. The van der Waals surface area contributed by atoms with Gasteiger partial charge in [-0.2, -0.15) is 0 Å². The van der Waals surface area contributed by atoms with Gasteiger partial charge in [0.25, 0.3) is 0 Å². The minimum absolute atomic E-state index is 0.0865. The molecule has 1 fully saturated rings. The van der Waals surface area contributed by atoms with E-state index in [1.54, 1.807) is 17.8 Å². The van der Waals surface area contributed by atoms with Crippen molar-refractivity contribution in [2.24, 2.45) is 0 Å². The highest BCUT2D eigenvalue weighted by molar-refractivity contribution is 14.1. The lowest BCUT2D eigenvalue weighted by atomic mass is 9.66. The van der Waals surface area contributed by atoms with E-state index in [1.165, 1.54) is 53.3 Å². The Morgan fingerprint density at radius 3 is 2.25 bits per heavy atom. The summed E-state index contributed by atoms with van der Waals surface area (Å²) in [5, 5.41) is 0. The standard InChI is InChI=1S/C20H17F2IS/c21-17-6-5-12-16(19(17)22)9-24-18-8-14-11-3-1-10(2-4-11)13(14)7-15(18)20(12)23/h5-8,10-11,20H,1-4,9H2. The van der Waals surface area contributed by atoms with Crippen LogP contribution in [0.5, 0.6) is 0 Å². The largest absolute Gasteiger partial charge is 0.204 e. The Hall–Kier alpha value is -0.620. The van der Waals surface area contributed by atoms with Gasteiger partial charge in [-0.15, -0.1) is 11.8 Å². The molecule has 2 aromatic rings. The van der Waals surface area contributed by atoms with Crippen molar-refractivity contribution in [1.82, 2.24) is 0 Å². The third-order valence-corrected chi connectivity index (χ3v) is 8.41. The molecule has 0 nitrogen and oxygen atoms in total. The molecular weight excluding hydrogens is 437 g/mol. The third-order valence-electron chi connectivity index (χ3n) is 5.97. The molecule has 2 aromatic carbocycles. The number of thioether (sulfide) groups is 1. The second kappa shape index (κ2) is 5.70. The van der Waals surface area contributed by atoms with Crippen molar-refractivity contribution in [3.63, 3.8) is 0 Å². The Morgan fingerprint density at radius 1 is 0.875 bits per heavy atom. The topological polar surface area (TPSA) is 0 Å². The van der Waals surface area contributed by atoms with Crippen LogP contribution in [0.1, 0.15) is 69.3 Å². The molecule has 124 valence electrons. The van der Waals surface area contributed by atoms with E-state index in [4.69, 9.17) is 0 Å². The molecule has 0 aromatic heterocycles. The number of rotatable bonds is 0. The Kier molecular flexibility index (Phi) is 3.71. The summed E-state index contributed by atoms with van der Waals surface area (Å²) < 4.78 is 28.1. The van der Waals surface area contributed by atoms with Gasteiger partial charge in [0.05, 0.1) is 3.92 Å². The smallest absolute Gasteiger partial charge is 0.163 e. The van der Waals surface area contributed by atoms with Crippen molar-refractivity contribution in [2.45, 2.75) is 52.1 Å². The molecule has 1 heterocycles. The van der Waals surface area contributed by atoms with Crippen LogP contribution in [0.3, 0.4) is 0 Å². The van der Waals surface area contributed by atoms with Crippen LogP contribution in [0.4, 0.5) is 8.78 Å². The molecule has 1 aliphatic heterocycles. The fourth-order valence-corrected chi connectivity index (χ4v) is 7.14. The molecule has 0 N–H and O–H groups in total. The van der Waals surface area contributed by atoms with Crippen molar-refractivity contribution < 1.29 is 8.78 Å². The number of halogens is 3. The Labute approximate surface area is 158 Å². The summed E-state index contributed by atoms with van der Waals surface area (Å²) in [4.78, 5) is 1.26. The van der Waals surface area contributed by atoms with Crippen LogP contribution in [0.25, 0.3) is 0 Å². The average Bonchev–Trinajstić information content (AvgIpc) is 2.75. The highest BCUT2D eigenvalue weighted by atomic mass is 127. The van der Waals surface area contributed by atoms with E-state index < -0.39 is 11.6 Å². The van der Waals surface area contributed by atoms with Crippen molar-refractivity contribution in [2.75, 3.05) is 0 Å². The maximum absolute atomic E-state index is 14.3. The predicted molar refractivity (Wildman–Crippen MR) is 102 cm³/mol. The van der Waals surface area contributed by atoms with Crippen molar-refractivity contribution in [3.05, 3.63) is 63.7 Å². The van der Waals surface area contributed by atoms with Gasteiger partial charge >= 0.3 is 0 Å². The van der Waals surface area contributed by atoms with Gasteiger partial charge in [-0.1, -0.05) is 34.7 Å². The predicted octanol–water partition coefficient (Wildman–Crippen LogP) is 6.85. The maximum Gasteiger partial charge on any atom is 0.163 e. The van der Waals surface area contributed by atoms with E-state index in [0.717, 1.165) is 5.56 Å². The number of benzene rings is 2. The van der Waals surface area contributed by atoms with E-state index in [2.05, 4.69) is 34.7 Å². The molecule has 0 spiro atoms. The number of alkyl halides is 1. The lowest BCUT2D eigenvalue weighted by Gasteiger charge is -2.39. The summed E-state index contributed by atoms with van der Waals surface area (Å²) in [5.74, 6) is 0.527. The van der Waals surface area contributed by atoms with Gasteiger partial charge in [0, 0.05) is 16.2 Å². The summed E-state index contributed by atoms with van der Waals surface area (Å²) in [6.07, 6.45) is 5.25. The minimum atomic E-state index is -0.735. The van der Waals surface area contributed by atoms with Gasteiger partial charge in [-0.3, -0.25) is 0 Å². The van der Waals surface area contributed by atoms with E-state index >= 15 is 0 Å². The Balaban J connectivity index is 1.68. The second-order valence-electron chi connectivity index (χ2n) is 7.15. The van der Waals surface area contributed by atoms with Gasteiger partial charge in [-0.25, -0.2) is 8.78 Å². The van der Waals surface area contributed by atoms with Crippen LogP contribution >= 0.6 is 34.4 Å². The monoisotopic (exact) mass is 454 g/mol. The average molecular weight is 454 g/mol. The van der Waals surface area contributed by atoms with E-state index in [-0.39, 0.29) is 3.92 Å². The van der Waals surface area contributed by atoms with Crippen LogP contribution in [0.15, 0.2) is 29.2 Å². The number of fused-ring (bicyclic) bond motifs is 4. The molecule has 0 saturated heterocycles. The van der Waals surface area contributed by atoms with Crippen LogP contribution in [0.2, 0.25) is 0 Å². The molecule has 4 heteroatoms. The van der Waals surface area contributed by atoms with Crippen molar-refractivity contribution >= 4 is 34.4 Å². The molecule has 24 heavy (non-hydrogen) atoms. The summed E-state index contributed by atoms with van der Waals surface area (Å²) in [5.41, 5.74) is 5.82. The van der Waals surface area contributed by atoms with Gasteiger partial charge in [0.2, 0.25) is 0 Å². The van der Waals surface area contributed by atoms with Crippen molar-refractivity contribution in [3.8, 4) is 0 Å². The molecule has 2 bridgehead atoms. The van der Waals surface area contributed by atoms with Crippen LogP contribution in [-0.2, 0) is 5.75 Å². The minimum Gasteiger partial charge on any atom is -0.204 e. The molecule has 3 aliphatic carbocycles. The first-order valence-electron chi connectivity index (χ1n) is 8.55. The van der Waals surface area contributed by atoms with Gasteiger partial charge in [0.1, 0.15) is 0 Å². The van der Waals surface area contributed by atoms with Gasteiger partial charge in [0.15, 0.2) is 11.6 Å². The third kappa shape index (κ3) is 2.21. The zero-order chi connectivity index (χ0) is 16.4. The quantitative estimate of drug-likeness (QED) is 0.310. The Bertz CT molecular complexity index is 840. The summed E-state index contributed by atoms with van der Waals surface area (Å²) in [6, 6.07) is 7.81. The second-order valence-corrected chi connectivity index (χ2v) is 9.41. The van der Waals surface area contributed by atoms with Gasteiger partial charge in [-0.05, 0) is 71.9 Å². The molecule has 1 unspecified atom stereocenters. The molecule has 1 atom stereocenters. The van der Waals surface area contributed by atoms with Crippen molar-refractivity contribution in [1.29, 1.82) is 0 Å². The van der Waals surface area contributed by atoms with Crippen LogP contribution in [0, 0.1) is 11.6 Å². The highest BCUT2D eigenvalue weighted by Gasteiger charge is 2.35. The maximum atomic E-state index is 14.3. The molecule has 6 rings (SSSR count). The first-order chi connectivity index (χ1) is 11.6. The lowest BCUT2D eigenvalue weighted by molar-refractivity contribution is 0.358.